The molecule has 1 atom stereocenters. The van der Waals surface area contributed by atoms with E-state index in [0.29, 0.717) is 13.2 Å². The van der Waals surface area contributed by atoms with Crippen LogP contribution in [-0.4, -0.2) is 47.1 Å². The maximum absolute atomic E-state index is 12.1. The molecular weight excluding hydrogens is 246 g/mol. The molecule has 5 heteroatoms. The van der Waals surface area contributed by atoms with Crippen LogP contribution in [0, 0.1) is 0 Å². The molecule has 0 aliphatic carbocycles. The third-order valence-corrected chi connectivity index (χ3v) is 2.98. The van der Waals surface area contributed by atoms with Gasteiger partial charge in [-0.3, -0.25) is 5.32 Å². The highest BCUT2D eigenvalue weighted by molar-refractivity contribution is 5.82. The van der Waals surface area contributed by atoms with Crippen molar-refractivity contribution in [3.63, 3.8) is 0 Å². The van der Waals surface area contributed by atoms with Crippen LogP contribution in [0.1, 0.15) is 5.56 Å². The minimum absolute atomic E-state index is 0.184. The van der Waals surface area contributed by atoms with Gasteiger partial charge in [0, 0.05) is 7.11 Å². The molecule has 0 spiro atoms. The van der Waals surface area contributed by atoms with E-state index < -0.39 is 5.54 Å². The standard InChI is InChI=1S/C14H21NO4/c1-15-14(13(16)18-3,11-19-10-9-17-2)12-7-5-4-6-8-12/h4-8,15H,9-11H2,1-3H3. The molecule has 0 aliphatic heterocycles. The number of rotatable bonds is 8. The van der Waals surface area contributed by atoms with E-state index >= 15 is 0 Å². The van der Waals surface area contributed by atoms with E-state index in [9.17, 15) is 4.79 Å². The number of nitrogens with one attached hydrogen (secondary N) is 1. The van der Waals surface area contributed by atoms with Crippen molar-refractivity contribution < 1.29 is 19.0 Å². The molecule has 19 heavy (non-hydrogen) atoms. The Kier molecular flexibility index (Phi) is 6.49. The molecule has 0 saturated heterocycles. The largest absolute Gasteiger partial charge is 0.467 e. The van der Waals surface area contributed by atoms with Crippen LogP contribution in [-0.2, 0) is 24.5 Å². The summed E-state index contributed by atoms with van der Waals surface area (Å²) in [4.78, 5) is 12.1. The third kappa shape index (κ3) is 3.76. The van der Waals surface area contributed by atoms with Crippen molar-refractivity contribution in [3.8, 4) is 0 Å². The SMILES string of the molecule is CNC(COCCOC)(C(=O)OC)c1ccccc1. The maximum Gasteiger partial charge on any atom is 0.333 e. The number of esters is 1. The number of carbonyl (C=O) groups is 1. The fourth-order valence-electron chi connectivity index (χ4n) is 1.84. The van der Waals surface area contributed by atoms with Gasteiger partial charge in [-0.1, -0.05) is 30.3 Å². The van der Waals surface area contributed by atoms with Crippen LogP contribution in [0.5, 0.6) is 0 Å². The molecule has 106 valence electrons. The second-order valence-electron chi connectivity index (χ2n) is 4.06. The fourth-order valence-corrected chi connectivity index (χ4v) is 1.84. The summed E-state index contributed by atoms with van der Waals surface area (Å²) in [6.45, 7) is 1.09. The normalized spacial score (nSPS) is 13.8. The fraction of sp³-hybridized carbons (Fsp3) is 0.500. The Labute approximate surface area is 113 Å². The zero-order valence-corrected chi connectivity index (χ0v) is 11.6. The van der Waals surface area contributed by atoms with Gasteiger partial charge in [0.1, 0.15) is 0 Å². The predicted molar refractivity (Wildman–Crippen MR) is 71.9 cm³/mol. The van der Waals surface area contributed by atoms with E-state index in [0.717, 1.165) is 5.56 Å². The predicted octanol–water partition coefficient (Wildman–Crippen LogP) is 0.937. The van der Waals surface area contributed by atoms with Crippen LogP contribution in [0.15, 0.2) is 30.3 Å². The van der Waals surface area contributed by atoms with Crippen LogP contribution in [0.2, 0.25) is 0 Å². The molecule has 0 bridgehead atoms. The lowest BCUT2D eigenvalue weighted by molar-refractivity contribution is -0.152. The van der Waals surface area contributed by atoms with Gasteiger partial charge in [-0.25, -0.2) is 4.79 Å². The Hall–Kier alpha value is -1.43. The highest BCUT2D eigenvalue weighted by Gasteiger charge is 2.40. The zero-order valence-electron chi connectivity index (χ0n) is 11.6. The molecular formula is C14H21NO4. The van der Waals surface area contributed by atoms with E-state index in [1.165, 1.54) is 7.11 Å². The van der Waals surface area contributed by atoms with Crippen LogP contribution in [0.3, 0.4) is 0 Å². The van der Waals surface area contributed by atoms with Crippen LogP contribution in [0.25, 0.3) is 0 Å². The van der Waals surface area contributed by atoms with Crippen LogP contribution >= 0.6 is 0 Å². The van der Waals surface area contributed by atoms with Crippen LogP contribution < -0.4 is 5.32 Å². The van der Waals surface area contributed by atoms with Gasteiger partial charge in [0.05, 0.1) is 26.9 Å². The molecule has 0 fully saturated rings. The Morgan fingerprint density at radius 1 is 1.21 bits per heavy atom. The summed E-state index contributed by atoms with van der Waals surface area (Å²) in [6, 6.07) is 9.38. The number of likely N-dealkylation sites (N-methyl/N-ethyl adjacent to an activating group) is 1. The first-order valence-electron chi connectivity index (χ1n) is 6.11. The van der Waals surface area contributed by atoms with E-state index in [1.54, 1.807) is 14.2 Å². The number of benzene rings is 1. The molecule has 0 saturated carbocycles. The average molecular weight is 267 g/mol. The molecule has 0 aliphatic rings. The summed E-state index contributed by atoms with van der Waals surface area (Å²) in [5.74, 6) is -0.376. The lowest BCUT2D eigenvalue weighted by Crippen LogP contribution is -2.52. The number of carbonyl (C=O) groups excluding carboxylic acids is 1. The van der Waals surface area contributed by atoms with Gasteiger partial charge in [-0.15, -0.1) is 0 Å². The summed E-state index contributed by atoms with van der Waals surface area (Å²) in [7, 11) is 4.68. The molecule has 1 unspecified atom stereocenters. The van der Waals surface area contributed by atoms with Gasteiger partial charge in [0.2, 0.25) is 0 Å². The topological polar surface area (TPSA) is 56.8 Å². The lowest BCUT2D eigenvalue weighted by Gasteiger charge is -2.30. The van der Waals surface area contributed by atoms with Gasteiger partial charge >= 0.3 is 5.97 Å². The summed E-state index contributed by atoms with van der Waals surface area (Å²) in [6.07, 6.45) is 0. The van der Waals surface area contributed by atoms with Crippen molar-refractivity contribution in [2.45, 2.75) is 5.54 Å². The number of hydrogen-bond donors (Lipinski definition) is 1. The zero-order chi connectivity index (χ0) is 14.1. The number of methoxy groups -OCH3 is 2. The highest BCUT2D eigenvalue weighted by Crippen LogP contribution is 2.23. The minimum Gasteiger partial charge on any atom is -0.467 e. The van der Waals surface area contributed by atoms with E-state index in [2.05, 4.69) is 5.32 Å². The second kappa shape index (κ2) is 7.89. The molecule has 1 N–H and O–H groups in total. The summed E-state index contributed by atoms with van der Waals surface area (Å²) in [5, 5.41) is 3.02. The van der Waals surface area contributed by atoms with Gasteiger partial charge in [0.15, 0.2) is 5.54 Å². The Balaban J connectivity index is 2.92. The summed E-state index contributed by atoms with van der Waals surface area (Å²) in [5.41, 5.74) is -0.189. The molecule has 0 aromatic heterocycles. The van der Waals surface area contributed by atoms with Crippen molar-refractivity contribution in [1.82, 2.24) is 5.32 Å². The van der Waals surface area contributed by atoms with Crippen molar-refractivity contribution >= 4 is 5.97 Å². The first-order valence-corrected chi connectivity index (χ1v) is 6.11. The minimum atomic E-state index is -0.996. The number of ether oxygens (including phenoxy) is 3. The summed E-state index contributed by atoms with van der Waals surface area (Å²) >= 11 is 0. The van der Waals surface area contributed by atoms with E-state index in [1.807, 2.05) is 30.3 Å². The van der Waals surface area contributed by atoms with Crippen molar-refractivity contribution in [1.29, 1.82) is 0 Å². The third-order valence-electron chi connectivity index (χ3n) is 2.98. The quantitative estimate of drug-likeness (QED) is 0.561. The second-order valence-corrected chi connectivity index (χ2v) is 4.06. The molecule has 0 heterocycles. The van der Waals surface area contributed by atoms with Gasteiger partial charge in [0.25, 0.3) is 0 Å². The Morgan fingerprint density at radius 2 is 1.89 bits per heavy atom. The van der Waals surface area contributed by atoms with Gasteiger partial charge in [-0.2, -0.15) is 0 Å². The van der Waals surface area contributed by atoms with Crippen molar-refractivity contribution in [3.05, 3.63) is 35.9 Å². The highest BCUT2D eigenvalue weighted by atomic mass is 16.5. The molecule has 0 radical (unpaired) electrons. The smallest absolute Gasteiger partial charge is 0.333 e. The van der Waals surface area contributed by atoms with Gasteiger partial charge < -0.3 is 14.2 Å². The van der Waals surface area contributed by atoms with E-state index in [4.69, 9.17) is 14.2 Å². The Morgan fingerprint density at radius 3 is 2.42 bits per heavy atom. The van der Waals surface area contributed by atoms with Crippen molar-refractivity contribution in [2.24, 2.45) is 0 Å². The lowest BCUT2D eigenvalue weighted by atomic mass is 9.91. The monoisotopic (exact) mass is 267 g/mol. The first-order chi connectivity index (χ1) is 9.21. The number of hydrogen-bond acceptors (Lipinski definition) is 5. The maximum atomic E-state index is 12.1. The first kappa shape index (κ1) is 15.6. The molecule has 5 nitrogen and oxygen atoms in total. The summed E-state index contributed by atoms with van der Waals surface area (Å²) < 4.78 is 15.3. The Bertz CT molecular complexity index is 382. The van der Waals surface area contributed by atoms with Gasteiger partial charge in [-0.05, 0) is 12.6 Å². The molecule has 1 aromatic carbocycles. The van der Waals surface area contributed by atoms with Crippen molar-refractivity contribution in [2.75, 3.05) is 41.1 Å². The average Bonchev–Trinajstić information content (AvgIpc) is 2.48. The van der Waals surface area contributed by atoms with E-state index in [-0.39, 0.29) is 12.6 Å². The van der Waals surface area contributed by atoms with Crippen LogP contribution in [0.4, 0.5) is 0 Å². The molecule has 0 amide bonds. The molecule has 1 aromatic rings. The molecule has 1 rings (SSSR count).